The van der Waals surface area contributed by atoms with E-state index in [0.29, 0.717) is 67.4 Å². The van der Waals surface area contributed by atoms with Gasteiger partial charge in [0.15, 0.2) is 24.0 Å². The van der Waals surface area contributed by atoms with Gasteiger partial charge >= 0.3 is 0 Å². The summed E-state index contributed by atoms with van der Waals surface area (Å²) in [6.07, 6.45) is 0.620. The summed E-state index contributed by atoms with van der Waals surface area (Å²) in [6.45, 7) is 3.15. The molecule has 2 saturated heterocycles. The SMILES string of the molecule is COc1ccc(N)c(NCC2OCCO2)n1.COc1ccc2ncc(=O)n(CC3OCCO3)c2n1. The Morgan fingerprint density at radius 2 is 1.60 bits per heavy atom. The van der Waals surface area contributed by atoms with Gasteiger partial charge in [0.2, 0.25) is 11.8 Å². The minimum absolute atomic E-state index is 0.229. The van der Waals surface area contributed by atoms with Crippen LogP contribution in [0.5, 0.6) is 11.8 Å². The monoisotopic (exact) mass is 488 g/mol. The molecule has 3 aromatic rings. The Morgan fingerprint density at radius 1 is 0.971 bits per heavy atom. The zero-order valence-corrected chi connectivity index (χ0v) is 19.5. The van der Waals surface area contributed by atoms with E-state index in [1.54, 1.807) is 31.4 Å². The summed E-state index contributed by atoms with van der Waals surface area (Å²) in [5.41, 5.74) is 7.18. The molecule has 13 heteroatoms. The van der Waals surface area contributed by atoms with Gasteiger partial charge in [-0.3, -0.25) is 9.36 Å². The molecule has 2 aliphatic heterocycles. The molecule has 2 aliphatic rings. The van der Waals surface area contributed by atoms with E-state index in [1.807, 2.05) is 0 Å². The molecule has 13 nitrogen and oxygen atoms in total. The Labute approximate surface area is 201 Å². The van der Waals surface area contributed by atoms with E-state index in [1.165, 1.54) is 17.9 Å². The number of aromatic nitrogens is 4. The molecule has 2 fully saturated rings. The zero-order chi connectivity index (χ0) is 24.6. The molecule has 0 bridgehead atoms. The standard InChI is InChI=1S/C12H13N3O4.C10H15N3O3/c1-17-9-3-2-8-12(14-9)15(10(16)6-13-8)7-11-18-4-5-19-11;1-14-8-3-2-7(11)10(13-8)12-6-9-15-4-5-16-9/h2-3,6,11H,4-5,7H2,1H3;2-3,9H,4-6,11H2,1H3,(H,12,13). The maximum Gasteiger partial charge on any atom is 0.270 e. The van der Waals surface area contributed by atoms with Crippen molar-refractivity contribution < 1.29 is 28.4 Å². The quantitative estimate of drug-likeness (QED) is 0.479. The summed E-state index contributed by atoms with van der Waals surface area (Å²) in [4.78, 5) is 24.4. The fraction of sp³-hybridized carbons (Fsp3) is 0.455. The third-order valence-electron chi connectivity index (χ3n) is 5.13. The van der Waals surface area contributed by atoms with Gasteiger partial charge in [0.05, 0.1) is 65.6 Å². The minimum atomic E-state index is -0.420. The molecule has 0 aliphatic carbocycles. The third kappa shape index (κ3) is 6.33. The van der Waals surface area contributed by atoms with E-state index in [4.69, 9.17) is 34.2 Å². The minimum Gasteiger partial charge on any atom is -0.481 e. The first kappa shape index (κ1) is 24.6. The number of pyridine rings is 2. The number of nitrogen functional groups attached to an aromatic ring is 1. The van der Waals surface area contributed by atoms with Crippen LogP contribution >= 0.6 is 0 Å². The highest BCUT2D eigenvalue weighted by atomic mass is 16.7. The van der Waals surface area contributed by atoms with Crippen LogP contribution in [0.25, 0.3) is 11.2 Å². The number of nitrogens with two attached hydrogens (primary N) is 1. The van der Waals surface area contributed by atoms with Gasteiger partial charge in [-0.15, -0.1) is 0 Å². The highest BCUT2D eigenvalue weighted by Gasteiger charge is 2.19. The lowest BCUT2D eigenvalue weighted by Crippen LogP contribution is -2.28. The van der Waals surface area contributed by atoms with E-state index in [0.717, 1.165) is 0 Å². The summed E-state index contributed by atoms with van der Waals surface area (Å²) in [5, 5.41) is 3.06. The summed E-state index contributed by atoms with van der Waals surface area (Å²) in [5.74, 6) is 1.53. The number of anilines is 2. The highest BCUT2D eigenvalue weighted by Crippen LogP contribution is 2.20. The van der Waals surface area contributed by atoms with Gasteiger partial charge in [0, 0.05) is 12.1 Å². The molecule has 0 spiro atoms. The van der Waals surface area contributed by atoms with E-state index in [9.17, 15) is 4.79 Å². The molecule has 0 amide bonds. The van der Waals surface area contributed by atoms with Crippen LogP contribution in [-0.4, -0.2) is 79.3 Å². The number of methoxy groups -OCH3 is 2. The van der Waals surface area contributed by atoms with Crippen molar-refractivity contribution in [3.63, 3.8) is 0 Å². The van der Waals surface area contributed by atoms with Crippen molar-refractivity contribution in [2.45, 2.75) is 19.1 Å². The van der Waals surface area contributed by atoms with Crippen LogP contribution in [-0.2, 0) is 25.5 Å². The second-order valence-electron chi connectivity index (χ2n) is 7.42. The average Bonchev–Trinajstić information content (AvgIpc) is 3.60. The Hall–Kier alpha value is -3.52. The topological polar surface area (TPSA) is 154 Å². The molecule has 5 heterocycles. The van der Waals surface area contributed by atoms with Crippen molar-refractivity contribution in [2.75, 3.05) is 58.2 Å². The molecular weight excluding hydrogens is 460 g/mol. The number of fused-ring (bicyclic) bond motifs is 1. The molecule has 0 unspecified atom stereocenters. The van der Waals surface area contributed by atoms with Crippen molar-refractivity contribution in [3.05, 3.63) is 40.8 Å². The maximum atomic E-state index is 11.9. The summed E-state index contributed by atoms with van der Waals surface area (Å²) >= 11 is 0. The lowest BCUT2D eigenvalue weighted by atomic mass is 10.4. The second-order valence-corrected chi connectivity index (χ2v) is 7.42. The van der Waals surface area contributed by atoms with Crippen LogP contribution < -0.4 is 26.1 Å². The molecule has 0 radical (unpaired) electrons. The number of nitrogens with one attached hydrogen (secondary N) is 1. The summed E-state index contributed by atoms with van der Waals surface area (Å²) < 4.78 is 32.9. The van der Waals surface area contributed by atoms with Crippen LogP contribution in [0.15, 0.2) is 35.3 Å². The second kappa shape index (κ2) is 11.8. The van der Waals surface area contributed by atoms with Crippen molar-refractivity contribution >= 4 is 22.7 Å². The number of hydrogen-bond donors (Lipinski definition) is 2. The smallest absolute Gasteiger partial charge is 0.270 e. The molecule has 5 rings (SSSR count). The van der Waals surface area contributed by atoms with Gasteiger partial charge < -0.3 is 39.5 Å². The number of ether oxygens (including phenoxy) is 6. The van der Waals surface area contributed by atoms with Crippen molar-refractivity contribution in [3.8, 4) is 11.8 Å². The van der Waals surface area contributed by atoms with Gasteiger partial charge in [-0.05, 0) is 12.1 Å². The Kier molecular flexibility index (Phi) is 8.26. The van der Waals surface area contributed by atoms with Gasteiger partial charge in [0.25, 0.3) is 5.56 Å². The van der Waals surface area contributed by atoms with Gasteiger partial charge in [-0.2, -0.15) is 9.97 Å². The normalized spacial score (nSPS) is 16.2. The number of hydrogen-bond acceptors (Lipinski definition) is 12. The Morgan fingerprint density at radius 3 is 2.29 bits per heavy atom. The zero-order valence-electron chi connectivity index (χ0n) is 19.5. The molecular formula is C22H28N6O7. The van der Waals surface area contributed by atoms with Crippen LogP contribution in [0.4, 0.5) is 11.5 Å². The van der Waals surface area contributed by atoms with Crippen molar-refractivity contribution in [2.24, 2.45) is 0 Å². The van der Waals surface area contributed by atoms with Crippen molar-refractivity contribution in [1.82, 2.24) is 19.5 Å². The first-order valence-electron chi connectivity index (χ1n) is 11.0. The van der Waals surface area contributed by atoms with Gasteiger partial charge in [-0.1, -0.05) is 0 Å². The first-order chi connectivity index (χ1) is 17.1. The van der Waals surface area contributed by atoms with Crippen LogP contribution in [0.1, 0.15) is 0 Å². The lowest BCUT2D eigenvalue weighted by molar-refractivity contribution is -0.0524. The van der Waals surface area contributed by atoms with Crippen LogP contribution in [0, 0.1) is 0 Å². The first-order valence-corrected chi connectivity index (χ1v) is 11.0. The van der Waals surface area contributed by atoms with Crippen LogP contribution in [0.2, 0.25) is 0 Å². The highest BCUT2D eigenvalue weighted by molar-refractivity contribution is 5.70. The lowest BCUT2D eigenvalue weighted by Gasteiger charge is -2.13. The van der Waals surface area contributed by atoms with Crippen LogP contribution in [0.3, 0.4) is 0 Å². The fourth-order valence-corrected chi connectivity index (χ4v) is 3.39. The van der Waals surface area contributed by atoms with E-state index < -0.39 is 6.29 Å². The molecule has 3 aromatic heterocycles. The predicted molar refractivity (Wildman–Crippen MR) is 125 cm³/mol. The van der Waals surface area contributed by atoms with Crippen molar-refractivity contribution in [1.29, 1.82) is 0 Å². The number of nitrogens with zero attached hydrogens (tertiary/aromatic N) is 4. The molecule has 35 heavy (non-hydrogen) atoms. The molecule has 0 aromatic carbocycles. The van der Waals surface area contributed by atoms with E-state index in [-0.39, 0.29) is 18.4 Å². The van der Waals surface area contributed by atoms with Gasteiger partial charge in [0.1, 0.15) is 5.52 Å². The molecule has 0 atom stereocenters. The van der Waals surface area contributed by atoms with E-state index >= 15 is 0 Å². The molecule has 0 saturated carbocycles. The fourth-order valence-electron chi connectivity index (χ4n) is 3.39. The number of rotatable bonds is 7. The molecule has 188 valence electrons. The largest absolute Gasteiger partial charge is 0.481 e. The maximum absolute atomic E-state index is 11.9. The van der Waals surface area contributed by atoms with Gasteiger partial charge in [-0.25, -0.2) is 4.98 Å². The third-order valence-corrected chi connectivity index (χ3v) is 5.13. The summed E-state index contributed by atoms with van der Waals surface area (Å²) in [7, 11) is 3.08. The average molecular weight is 489 g/mol. The Bertz CT molecular complexity index is 1180. The molecule has 3 N–H and O–H groups in total. The predicted octanol–water partition coefficient (Wildman–Crippen LogP) is 0.630. The summed E-state index contributed by atoms with van der Waals surface area (Å²) in [6, 6.07) is 6.91. The Balaban J connectivity index is 0.000000168. The van der Waals surface area contributed by atoms with E-state index in [2.05, 4.69) is 20.3 Å².